The van der Waals surface area contributed by atoms with Crippen LogP contribution in [0.2, 0.25) is 0 Å². The Kier molecular flexibility index (Phi) is 4.30. The normalized spacial score (nSPS) is 10.6. The van der Waals surface area contributed by atoms with Crippen molar-refractivity contribution in [3.8, 4) is 5.75 Å². The van der Waals surface area contributed by atoms with E-state index < -0.39 is 0 Å². The number of hydrogen-bond acceptors (Lipinski definition) is 4. The molecular weight excluding hydrogens is 228 g/mol. The standard InChI is InChI=1S/C13H18N4O/c1-17-10-15-16-13(17)9-14-7-6-11-4-3-5-12(8-11)18-2/h3-5,8,10,14H,6-7,9H2,1-2H3. The van der Waals surface area contributed by atoms with Crippen LogP contribution >= 0.6 is 0 Å². The van der Waals surface area contributed by atoms with Crippen LogP contribution in [0.3, 0.4) is 0 Å². The lowest BCUT2D eigenvalue weighted by Crippen LogP contribution is -2.19. The first kappa shape index (κ1) is 12.6. The van der Waals surface area contributed by atoms with Gasteiger partial charge in [0, 0.05) is 7.05 Å². The molecule has 1 aromatic carbocycles. The molecule has 0 atom stereocenters. The van der Waals surface area contributed by atoms with E-state index in [1.165, 1.54) is 5.56 Å². The Morgan fingerprint density at radius 2 is 2.28 bits per heavy atom. The van der Waals surface area contributed by atoms with Gasteiger partial charge in [-0.2, -0.15) is 0 Å². The summed E-state index contributed by atoms with van der Waals surface area (Å²) in [5.41, 5.74) is 1.26. The van der Waals surface area contributed by atoms with Crippen molar-refractivity contribution in [1.82, 2.24) is 20.1 Å². The van der Waals surface area contributed by atoms with Crippen molar-refractivity contribution >= 4 is 0 Å². The number of nitrogens with one attached hydrogen (secondary N) is 1. The van der Waals surface area contributed by atoms with Crippen molar-refractivity contribution in [2.24, 2.45) is 7.05 Å². The highest BCUT2D eigenvalue weighted by Gasteiger charge is 2.00. The van der Waals surface area contributed by atoms with Gasteiger partial charge in [-0.15, -0.1) is 10.2 Å². The molecule has 2 aromatic rings. The summed E-state index contributed by atoms with van der Waals surface area (Å²) in [6, 6.07) is 8.13. The first-order chi connectivity index (χ1) is 8.79. The van der Waals surface area contributed by atoms with Gasteiger partial charge in [0.1, 0.15) is 17.9 Å². The van der Waals surface area contributed by atoms with E-state index in [2.05, 4.69) is 27.6 Å². The highest BCUT2D eigenvalue weighted by atomic mass is 16.5. The van der Waals surface area contributed by atoms with E-state index in [0.29, 0.717) is 0 Å². The van der Waals surface area contributed by atoms with Crippen LogP contribution in [0.1, 0.15) is 11.4 Å². The van der Waals surface area contributed by atoms with Gasteiger partial charge in [0.25, 0.3) is 0 Å². The Labute approximate surface area is 107 Å². The second kappa shape index (κ2) is 6.16. The molecule has 1 heterocycles. The number of ether oxygens (including phenoxy) is 1. The number of benzene rings is 1. The van der Waals surface area contributed by atoms with Crippen molar-refractivity contribution in [3.63, 3.8) is 0 Å². The predicted octanol–water partition coefficient (Wildman–Crippen LogP) is 1.16. The minimum absolute atomic E-state index is 0.737. The van der Waals surface area contributed by atoms with Gasteiger partial charge in [-0.3, -0.25) is 0 Å². The first-order valence-corrected chi connectivity index (χ1v) is 5.96. The second-order valence-corrected chi connectivity index (χ2v) is 4.14. The Hall–Kier alpha value is -1.88. The number of hydrogen-bond donors (Lipinski definition) is 1. The van der Waals surface area contributed by atoms with Crippen LogP contribution in [0, 0.1) is 0 Å². The summed E-state index contributed by atoms with van der Waals surface area (Å²) in [7, 11) is 3.63. The summed E-state index contributed by atoms with van der Waals surface area (Å²) in [5.74, 6) is 1.85. The molecule has 18 heavy (non-hydrogen) atoms. The summed E-state index contributed by atoms with van der Waals surface area (Å²) >= 11 is 0. The van der Waals surface area contributed by atoms with E-state index >= 15 is 0 Å². The van der Waals surface area contributed by atoms with Crippen molar-refractivity contribution in [1.29, 1.82) is 0 Å². The molecular formula is C13H18N4O. The average Bonchev–Trinajstić information content (AvgIpc) is 2.81. The third-order valence-corrected chi connectivity index (χ3v) is 2.81. The number of aromatic nitrogens is 3. The molecule has 0 bridgehead atoms. The fraction of sp³-hybridized carbons (Fsp3) is 0.385. The molecule has 0 fully saturated rings. The van der Waals surface area contributed by atoms with Crippen molar-refractivity contribution in [2.45, 2.75) is 13.0 Å². The Bertz CT molecular complexity index is 495. The number of rotatable bonds is 6. The largest absolute Gasteiger partial charge is 0.497 e. The van der Waals surface area contributed by atoms with Crippen LogP contribution in [-0.2, 0) is 20.0 Å². The zero-order chi connectivity index (χ0) is 12.8. The van der Waals surface area contributed by atoms with Crippen LogP contribution < -0.4 is 10.1 Å². The average molecular weight is 246 g/mol. The Morgan fingerprint density at radius 1 is 1.39 bits per heavy atom. The molecule has 0 saturated carbocycles. The zero-order valence-electron chi connectivity index (χ0n) is 10.8. The fourth-order valence-electron chi connectivity index (χ4n) is 1.73. The van der Waals surface area contributed by atoms with Gasteiger partial charge in [-0.05, 0) is 30.7 Å². The quantitative estimate of drug-likeness (QED) is 0.777. The maximum atomic E-state index is 5.19. The minimum Gasteiger partial charge on any atom is -0.497 e. The van der Waals surface area contributed by atoms with Gasteiger partial charge >= 0.3 is 0 Å². The molecule has 1 aromatic heterocycles. The number of methoxy groups -OCH3 is 1. The molecule has 0 aliphatic heterocycles. The molecule has 0 radical (unpaired) electrons. The van der Waals surface area contributed by atoms with Gasteiger partial charge < -0.3 is 14.6 Å². The Balaban J connectivity index is 1.76. The van der Waals surface area contributed by atoms with E-state index in [-0.39, 0.29) is 0 Å². The summed E-state index contributed by atoms with van der Waals surface area (Å²) in [5, 5.41) is 11.2. The van der Waals surface area contributed by atoms with Crippen LogP contribution in [-0.4, -0.2) is 28.4 Å². The van der Waals surface area contributed by atoms with E-state index in [1.807, 2.05) is 23.7 Å². The highest BCUT2D eigenvalue weighted by Crippen LogP contribution is 2.12. The lowest BCUT2D eigenvalue weighted by Gasteiger charge is -2.06. The summed E-state index contributed by atoms with van der Waals surface area (Å²) in [4.78, 5) is 0. The van der Waals surface area contributed by atoms with Crippen molar-refractivity contribution < 1.29 is 4.74 Å². The fourth-order valence-corrected chi connectivity index (χ4v) is 1.73. The molecule has 2 rings (SSSR count). The molecule has 0 aliphatic carbocycles. The van der Waals surface area contributed by atoms with Crippen LogP contribution in [0.15, 0.2) is 30.6 Å². The van der Waals surface area contributed by atoms with E-state index in [4.69, 9.17) is 4.74 Å². The number of aryl methyl sites for hydroxylation is 1. The molecule has 0 unspecified atom stereocenters. The lowest BCUT2D eigenvalue weighted by molar-refractivity contribution is 0.414. The maximum absolute atomic E-state index is 5.19. The molecule has 5 heteroatoms. The van der Waals surface area contributed by atoms with Gasteiger partial charge in [0.15, 0.2) is 0 Å². The van der Waals surface area contributed by atoms with Gasteiger partial charge in [0.2, 0.25) is 0 Å². The van der Waals surface area contributed by atoms with Crippen molar-refractivity contribution in [3.05, 3.63) is 42.0 Å². The van der Waals surface area contributed by atoms with Crippen molar-refractivity contribution in [2.75, 3.05) is 13.7 Å². The molecule has 5 nitrogen and oxygen atoms in total. The molecule has 1 N–H and O–H groups in total. The monoisotopic (exact) mass is 246 g/mol. The maximum Gasteiger partial charge on any atom is 0.146 e. The third-order valence-electron chi connectivity index (χ3n) is 2.81. The molecule has 0 saturated heterocycles. The van der Waals surface area contributed by atoms with Gasteiger partial charge in [-0.1, -0.05) is 12.1 Å². The molecule has 0 amide bonds. The predicted molar refractivity (Wildman–Crippen MR) is 69.4 cm³/mol. The third kappa shape index (κ3) is 3.30. The molecule has 96 valence electrons. The highest BCUT2D eigenvalue weighted by molar-refractivity contribution is 5.28. The first-order valence-electron chi connectivity index (χ1n) is 5.96. The van der Waals surface area contributed by atoms with Gasteiger partial charge in [-0.25, -0.2) is 0 Å². The van der Waals surface area contributed by atoms with Crippen LogP contribution in [0.25, 0.3) is 0 Å². The van der Waals surface area contributed by atoms with Crippen LogP contribution in [0.4, 0.5) is 0 Å². The van der Waals surface area contributed by atoms with E-state index in [0.717, 1.165) is 31.1 Å². The SMILES string of the molecule is COc1cccc(CCNCc2nncn2C)c1. The lowest BCUT2D eigenvalue weighted by atomic mass is 10.1. The summed E-state index contributed by atoms with van der Waals surface area (Å²) in [6.07, 6.45) is 2.67. The molecule has 0 spiro atoms. The Morgan fingerprint density at radius 3 is 3.00 bits per heavy atom. The van der Waals surface area contributed by atoms with Crippen LogP contribution in [0.5, 0.6) is 5.75 Å². The minimum atomic E-state index is 0.737. The topological polar surface area (TPSA) is 52.0 Å². The van der Waals surface area contributed by atoms with E-state index in [9.17, 15) is 0 Å². The second-order valence-electron chi connectivity index (χ2n) is 4.14. The smallest absolute Gasteiger partial charge is 0.146 e. The summed E-state index contributed by atoms with van der Waals surface area (Å²) < 4.78 is 7.11. The van der Waals surface area contributed by atoms with Gasteiger partial charge in [0.05, 0.1) is 13.7 Å². The summed E-state index contributed by atoms with van der Waals surface area (Å²) in [6.45, 7) is 1.64. The molecule has 0 aliphatic rings. The zero-order valence-corrected chi connectivity index (χ0v) is 10.8. The number of nitrogens with zero attached hydrogens (tertiary/aromatic N) is 3. The van der Waals surface area contributed by atoms with E-state index in [1.54, 1.807) is 13.4 Å².